The minimum Gasteiger partial charge on any atom is -0.496 e. The van der Waals surface area contributed by atoms with Crippen LogP contribution >= 0.6 is 0 Å². The zero-order valence-corrected chi connectivity index (χ0v) is 20.0. The Bertz CT molecular complexity index is 1470. The number of rotatable bonds is 4. The fourth-order valence-corrected chi connectivity index (χ4v) is 5.72. The number of pyridine rings is 1. The Balaban J connectivity index is 1.19. The van der Waals surface area contributed by atoms with Gasteiger partial charge in [-0.25, -0.2) is 24.7 Å². The number of methoxy groups -OCH3 is 1. The van der Waals surface area contributed by atoms with Crippen molar-refractivity contribution >= 4 is 23.1 Å². The van der Waals surface area contributed by atoms with Crippen molar-refractivity contribution in [1.29, 1.82) is 0 Å². The number of amides is 2. The van der Waals surface area contributed by atoms with Gasteiger partial charge in [-0.05, 0) is 24.6 Å². The third-order valence-corrected chi connectivity index (χ3v) is 7.51. The van der Waals surface area contributed by atoms with Crippen molar-refractivity contribution in [3.05, 3.63) is 60.2 Å². The molecule has 0 unspecified atom stereocenters. The van der Waals surface area contributed by atoms with Crippen molar-refractivity contribution in [3.63, 3.8) is 0 Å². The van der Waals surface area contributed by atoms with E-state index in [4.69, 9.17) is 14.7 Å². The number of fused-ring (bicyclic) bond motifs is 4. The molecule has 2 fully saturated rings. The third kappa shape index (κ3) is 3.28. The van der Waals surface area contributed by atoms with Crippen molar-refractivity contribution in [2.75, 3.05) is 38.2 Å². The van der Waals surface area contributed by atoms with Crippen molar-refractivity contribution in [3.8, 4) is 17.0 Å². The van der Waals surface area contributed by atoms with Crippen molar-refractivity contribution in [2.45, 2.75) is 24.9 Å². The molecule has 0 aliphatic carbocycles. The lowest BCUT2D eigenvalue weighted by atomic mass is 10.0. The monoisotopic (exact) mass is 482 g/mol. The van der Waals surface area contributed by atoms with Gasteiger partial charge in [0, 0.05) is 56.1 Å². The average molecular weight is 483 g/mol. The Labute approximate surface area is 208 Å². The van der Waals surface area contributed by atoms with E-state index in [-0.39, 0.29) is 18.1 Å². The first-order valence-corrected chi connectivity index (χ1v) is 12.3. The van der Waals surface area contributed by atoms with Gasteiger partial charge >= 0.3 is 6.03 Å². The molecule has 182 valence electrons. The lowest BCUT2D eigenvalue weighted by Gasteiger charge is -2.36. The van der Waals surface area contributed by atoms with E-state index in [1.807, 2.05) is 47.6 Å². The van der Waals surface area contributed by atoms with Crippen LogP contribution in [0.1, 0.15) is 23.9 Å². The van der Waals surface area contributed by atoms with E-state index >= 15 is 0 Å². The van der Waals surface area contributed by atoms with Crippen LogP contribution in [0.5, 0.6) is 5.75 Å². The number of benzene rings is 1. The van der Waals surface area contributed by atoms with Crippen LogP contribution in [-0.4, -0.2) is 74.8 Å². The van der Waals surface area contributed by atoms with Gasteiger partial charge < -0.3 is 24.4 Å². The molecule has 2 atom stereocenters. The molecule has 0 spiro atoms. The number of ether oxygens (including phenoxy) is 1. The summed E-state index contributed by atoms with van der Waals surface area (Å²) in [5.74, 6) is 2.62. The molecule has 1 aromatic carbocycles. The number of anilines is 1. The van der Waals surface area contributed by atoms with Gasteiger partial charge in [-0.1, -0.05) is 18.2 Å². The molecule has 1 N–H and O–H groups in total. The lowest BCUT2D eigenvalue weighted by molar-refractivity contribution is 0.197. The summed E-state index contributed by atoms with van der Waals surface area (Å²) < 4.78 is 7.90. The van der Waals surface area contributed by atoms with Crippen LogP contribution in [0.15, 0.2) is 48.8 Å². The molecule has 10 nitrogen and oxygen atoms in total. The first-order valence-electron chi connectivity index (χ1n) is 12.3. The van der Waals surface area contributed by atoms with Gasteiger partial charge in [0.25, 0.3) is 0 Å². The van der Waals surface area contributed by atoms with Gasteiger partial charge in [-0.2, -0.15) is 0 Å². The Morgan fingerprint density at radius 1 is 1.06 bits per heavy atom. The summed E-state index contributed by atoms with van der Waals surface area (Å²) in [6, 6.07) is 12.5. The van der Waals surface area contributed by atoms with Crippen molar-refractivity contribution < 1.29 is 9.53 Å². The Morgan fingerprint density at radius 3 is 2.78 bits per heavy atom. The Hall–Kier alpha value is -4.21. The normalized spacial score (nSPS) is 21.0. The molecular formula is C26H26N8O2. The van der Waals surface area contributed by atoms with Crippen LogP contribution < -0.4 is 15.0 Å². The molecule has 3 aliphatic rings. The second-order valence-electron chi connectivity index (χ2n) is 9.48. The highest BCUT2D eigenvalue weighted by atomic mass is 16.5. The molecule has 3 aromatic heterocycles. The second kappa shape index (κ2) is 8.18. The third-order valence-electron chi connectivity index (χ3n) is 7.51. The molecular weight excluding hydrogens is 456 g/mol. The fourth-order valence-electron chi connectivity index (χ4n) is 5.72. The molecule has 3 aliphatic heterocycles. The molecule has 2 saturated heterocycles. The van der Waals surface area contributed by atoms with E-state index in [1.54, 1.807) is 7.11 Å². The molecule has 0 radical (unpaired) electrons. The maximum atomic E-state index is 11.9. The zero-order chi connectivity index (χ0) is 24.2. The van der Waals surface area contributed by atoms with Crippen LogP contribution in [0, 0.1) is 0 Å². The summed E-state index contributed by atoms with van der Waals surface area (Å²) >= 11 is 0. The Morgan fingerprint density at radius 2 is 1.92 bits per heavy atom. The number of nitrogens with one attached hydrogen (secondary N) is 1. The van der Waals surface area contributed by atoms with E-state index in [2.05, 4.69) is 30.8 Å². The largest absolute Gasteiger partial charge is 0.496 e. The molecule has 6 heterocycles. The number of hydrogen-bond acceptors (Lipinski definition) is 7. The highest BCUT2D eigenvalue weighted by Crippen LogP contribution is 2.39. The number of urea groups is 1. The first-order chi connectivity index (χ1) is 17.7. The summed E-state index contributed by atoms with van der Waals surface area (Å²) in [6.45, 7) is 2.80. The van der Waals surface area contributed by atoms with Crippen LogP contribution in [0.25, 0.3) is 22.4 Å². The summed E-state index contributed by atoms with van der Waals surface area (Å²) in [5, 5.41) is 2.91. The average Bonchev–Trinajstić information content (AvgIpc) is 3.62. The van der Waals surface area contributed by atoms with Gasteiger partial charge in [0.2, 0.25) is 5.95 Å². The Kier molecular flexibility index (Phi) is 4.80. The minimum atomic E-state index is 0.0247. The molecule has 0 bridgehead atoms. The lowest BCUT2D eigenvalue weighted by Crippen LogP contribution is -2.52. The summed E-state index contributed by atoms with van der Waals surface area (Å²) in [4.78, 5) is 35.1. The second-order valence-corrected chi connectivity index (χ2v) is 9.48. The van der Waals surface area contributed by atoms with Crippen LogP contribution in [0.3, 0.4) is 0 Å². The summed E-state index contributed by atoms with van der Waals surface area (Å²) in [7, 11) is 1.71. The molecule has 10 heteroatoms. The number of aryl methyl sites for hydroxylation is 1. The molecule has 7 rings (SSSR count). The predicted octanol–water partition coefficient (Wildman–Crippen LogP) is 2.65. The van der Waals surface area contributed by atoms with Crippen molar-refractivity contribution in [2.24, 2.45) is 0 Å². The molecule has 4 aromatic rings. The maximum Gasteiger partial charge on any atom is 0.317 e. The standard InChI is InChI=1S/C26H26N8O2/c1-36-22-5-3-2-4-18(22)21-8-9-23-30-20-7-6-19(31-24(20)34(21)23)16-12-27-25(28-13-16)32-10-11-33-17(15-32)14-29-26(33)35/h2-7,12-13,17,21H,8-11,14-15H2,1H3,(H,29,35)/t17-,21-/m1/s1. The van der Waals surface area contributed by atoms with E-state index in [9.17, 15) is 4.79 Å². The van der Waals surface area contributed by atoms with Crippen LogP contribution in [-0.2, 0) is 6.42 Å². The van der Waals surface area contributed by atoms with Gasteiger partial charge in [-0.3, -0.25) is 0 Å². The van der Waals surface area contributed by atoms with Gasteiger partial charge in [0.1, 0.15) is 17.1 Å². The topological polar surface area (TPSA) is 101 Å². The van der Waals surface area contributed by atoms with E-state index in [0.29, 0.717) is 19.0 Å². The van der Waals surface area contributed by atoms with E-state index in [0.717, 1.165) is 65.5 Å². The summed E-state index contributed by atoms with van der Waals surface area (Å²) in [6.07, 6.45) is 5.54. The number of carbonyl (C=O) groups excluding carboxylic acids is 1. The van der Waals surface area contributed by atoms with E-state index < -0.39 is 0 Å². The maximum absolute atomic E-state index is 11.9. The predicted molar refractivity (Wildman–Crippen MR) is 134 cm³/mol. The van der Waals surface area contributed by atoms with Crippen molar-refractivity contribution in [1.82, 2.24) is 34.7 Å². The fraction of sp³-hybridized carbons (Fsp3) is 0.346. The summed E-state index contributed by atoms with van der Waals surface area (Å²) in [5.41, 5.74) is 4.59. The highest BCUT2D eigenvalue weighted by Gasteiger charge is 2.36. The number of para-hydroxylation sites is 1. The van der Waals surface area contributed by atoms with Crippen LogP contribution in [0.2, 0.25) is 0 Å². The molecule has 36 heavy (non-hydrogen) atoms. The molecule has 0 saturated carbocycles. The molecule has 2 amide bonds. The number of hydrogen-bond donors (Lipinski definition) is 1. The van der Waals surface area contributed by atoms with Gasteiger partial charge in [0.05, 0.1) is 24.9 Å². The van der Waals surface area contributed by atoms with Crippen LogP contribution in [0.4, 0.5) is 10.7 Å². The number of carbonyl (C=O) groups is 1. The van der Waals surface area contributed by atoms with E-state index in [1.165, 1.54) is 0 Å². The quantitative estimate of drug-likeness (QED) is 0.477. The SMILES string of the molecule is COc1ccccc1[C@H]1CCc2nc3ccc(-c4cnc(N5CCN6C(=O)NC[C@@H]6C5)nc4)nc3n21. The zero-order valence-electron chi connectivity index (χ0n) is 20.0. The van der Waals surface area contributed by atoms with Gasteiger partial charge in [-0.15, -0.1) is 0 Å². The first kappa shape index (κ1) is 21.1. The number of aromatic nitrogens is 5. The minimum absolute atomic E-state index is 0.0247. The van der Waals surface area contributed by atoms with Gasteiger partial charge in [0.15, 0.2) is 5.65 Å². The smallest absolute Gasteiger partial charge is 0.317 e. The number of piperazine rings is 1. The highest BCUT2D eigenvalue weighted by molar-refractivity contribution is 5.78. The number of imidazole rings is 1. The number of nitrogens with zero attached hydrogens (tertiary/aromatic N) is 7.